The van der Waals surface area contributed by atoms with Gasteiger partial charge in [0.15, 0.2) is 0 Å². The molecule has 1 N–H and O–H groups in total. The van der Waals surface area contributed by atoms with Gasteiger partial charge in [-0.05, 0) is 57.2 Å². The highest BCUT2D eigenvalue weighted by Gasteiger charge is 2.27. The lowest BCUT2D eigenvalue weighted by Crippen LogP contribution is -2.28. The van der Waals surface area contributed by atoms with Crippen molar-refractivity contribution < 1.29 is 4.79 Å². The Morgan fingerprint density at radius 3 is 2.32 bits per heavy atom. The van der Waals surface area contributed by atoms with Gasteiger partial charge < -0.3 is 9.88 Å². The van der Waals surface area contributed by atoms with Crippen LogP contribution < -0.4 is 5.32 Å². The van der Waals surface area contributed by atoms with E-state index in [1.165, 1.54) is 22.4 Å². The van der Waals surface area contributed by atoms with E-state index < -0.39 is 0 Å². The predicted molar refractivity (Wildman–Crippen MR) is 89.4 cm³/mol. The smallest absolute Gasteiger partial charge is 0.268 e. The van der Waals surface area contributed by atoms with Crippen LogP contribution >= 0.6 is 0 Å². The predicted octanol–water partition coefficient (Wildman–Crippen LogP) is 3.66. The van der Waals surface area contributed by atoms with Gasteiger partial charge in [0, 0.05) is 18.3 Å². The van der Waals surface area contributed by atoms with Crippen molar-refractivity contribution in [3.05, 3.63) is 57.9 Å². The lowest BCUT2D eigenvalue weighted by atomic mass is 10.1. The Hall–Kier alpha value is -2.03. The molecule has 0 spiro atoms. The summed E-state index contributed by atoms with van der Waals surface area (Å²) in [4.78, 5) is 12.6. The molecule has 0 saturated heterocycles. The van der Waals surface area contributed by atoms with Gasteiger partial charge in [0.05, 0.1) is 0 Å². The summed E-state index contributed by atoms with van der Waals surface area (Å²) in [7, 11) is 0. The van der Waals surface area contributed by atoms with Gasteiger partial charge in [-0.15, -0.1) is 0 Å². The SMILES string of the molecule is Cc1ccc(Cn2c(C)c(C)c(C)c2C(=O)NC2CC2)cc1. The number of carbonyl (C=O) groups is 1. The molecule has 2 aromatic rings. The molecular weight excluding hydrogens is 272 g/mol. The molecule has 1 amide bonds. The standard InChI is InChI=1S/C19H24N2O/c1-12-5-7-16(8-6-12)11-21-15(4)13(2)14(3)18(21)19(22)20-17-9-10-17/h5-8,17H,9-11H2,1-4H3,(H,20,22). The zero-order valence-electron chi connectivity index (χ0n) is 13.9. The highest BCUT2D eigenvalue weighted by molar-refractivity contribution is 5.95. The summed E-state index contributed by atoms with van der Waals surface area (Å²) in [6, 6.07) is 8.91. The third-order valence-corrected chi connectivity index (χ3v) is 4.72. The Kier molecular flexibility index (Phi) is 3.81. The van der Waals surface area contributed by atoms with Crippen LogP contribution in [0, 0.1) is 27.7 Å². The summed E-state index contributed by atoms with van der Waals surface area (Å²) in [6.07, 6.45) is 2.23. The summed E-state index contributed by atoms with van der Waals surface area (Å²) < 4.78 is 2.16. The van der Waals surface area contributed by atoms with E-state index in [0.717, 1.165) is 30.6 Å². The van der Waals surface area contributed by atoms with Crippen molar-refractivity contribution in [2.75, 3.05) is 0 Å². The molecule has 3 heteroatoms. The molecule has 1 aliphatic rings. The molecule has 1 saturated carbocycles. The van der Waals surface area contributed by atoms with Crippen LogP contribution in [-0.4, -0.2) is 16.5 Å². The largest absolute Gasteiger partial charge is 0.348 e. The van der Waals surface area contributed by atoms with Crippen LogP contribution in [0.5, 0.6) is 0 Å². The number of carbonyl (C=O) groups excluding carboxylic acids is 1. The molecule has 1 aromatic carbocycles. The van der Waals surface area contributed by atoms with E-state index in [9.17, 15) is 4.79 Å². The molecule has 0 atom stereocenters. The number of nitrogens with zero attached hydrogens (tertiary/aromatic N) is 1. The molecule has 0 aliphatic heterocycles. The van der Waals surface area contributed by atoms with Gasteiger partial charge in [0.25, 0.3) is 5.91 Å². The molecule has 1 heterocycles. The maximum atomic E-state index is 12.6. The van der Waals surface area contributed by atoms with Crippen LogP contribution in [0.1, 0.15) is 51.3 Å². The summed E-state index contributed by atoms with van der Waals surface area (Å²) in [5.41, 5.74) is 6.80. The molecule has 3 rings (SSSR count). The van der Waals surface area contributed by atoms with E-state index in [-0.39, 0.29) is 5.91 Å². The lowest BCUT2D eigenvalue weighted by molar-refractivity contribution is 0.0941. The molecule has 0 unspecified atom stereocenters. The first-order chi connectivity index (χ1) is 10.5. The van der Waals surface area contributed by atoms with E-state index in [1.807, 2.05) is 0 Å². The van der Waals surface area contributed by atoms with E-state index in [4.69, 9.17) is 0 Å². The third-order valence-electron chi connectivity index (χ3n) is 4.72. The molecule has 0 bridgehead atoms. The first kappa shape index (κ1) is 14.9. The van der Waals surface area contributed by atoms with Gasteiger partial charge in [-0.1, -0.05) is 29.8 Å². The monoisotopic (exact) mass is 296 g/mol. The summed E-state index contributed by atoms with van der Waals surface area (Å²) in [5, 5.41) is 3.13. The average molecular weight is 296 g/mol. The van der Waals surface area contributed by atoms with Gasteiger partial charge in [-0.2, -0.15) is 0 Å². The molecule has 3 nitrogen and oxygen atoms in total. The van der Waals surface area contributed by atoms with Crippen molar-refractivity contribution in [2.24, 2.45) is 0 Å². The topological polar surface area (TPSA) is 34.0 Å². The van der Waals surface area contributed by atoms with Crippen molar-refractivity contribution in [3.8, 4) is 0 Å². The van der Waals surface area contributed by atoms with Gasteiger partial charge in [0.1, 0.15) is 5.69 Å². The number of nitrogens with one attached hydrogen (secondary N) is 1. The Morgan fingerprint density at radius 2 is 1.73 bits per heavy atom. The maximum absolute atomic E-state index is 12.6. The van der Waals surface area contributed by atoms with E-state index >= 15 is 0 Å². The molecule has 1 fully saturated rings. The Balaban J connectivity index is 1.96. The minimum atomic E-state index is 0.0725. The number of benzene rings is 1. The minimum absolute atomic E-state index is 0.0725. The van der Waals surface area contributed by atoms with Gasteiger partial charge >= 0.3 is 0 Å². The van der Waals surface area contributed by atoms with Crippen molar-refractivity contribution in [1.29, 1.82) is 0 Å². The van der Waals surface area contributed by atoms with Crippen molar-refractivity contribution in [2.45, 2.75) is 53.1 Å². The minimum Gasteiger partial charge on any atom is -0.348 e. The van der Waals surface area contributed by atoms with Crippen molar-refractivity contribution >= 4 is 5.91 Å². The Labute approximate surface area is 132 Å². The first-order valence-corrected chi connectivity index (χ1v) is 8.00. The fourth-order valence-corrected chi connectivity index (χ4v) is 2.87. The van der Waals surface area contributed by atoms with E-state index in [0.29, 0.717) is 6.04 Å². The third kappa shape index (κ3) is 2.80. The molecular formula is C19H24N2O. The molecule has 0 radical (unpaired) electrons. The number of rotatable bonds is 4. The highest BCUT2D eigenvalue weighted by Crippen LogP contribution is 2.25. The zero-order valence-corrected chi connectivity index (χ0v) is 13.9. The zero-order chi connectivity index (χ0) is 15.9. The number of amides is 1. The van der Waals surface area contributed by atoms with Gasteiger partial charge in [-0.25, -0.2) is 0 Å². The molecule has 22 heavy (non-hydrogen) atoms. The van der Waals surface area contributed by atoms with Gasteiger partial charge in [0.2, 0.25) is 0 Å². The molecule has 116 valence electrons. The normalized spacial score (nSPS) is 14.2. The number of hydrogen-bond acceptors (Lipinski definition) is 1. The second kappa shape index (κ2) is 5.64. The van der Waals surface area contributed by atoms with Crippen LogP contribution in [0.2, 0.25) is 0 Å². The fourth-order valence-electron chi connectivity index (χ4n) is 2.87. The van der Waals surface area contributed by atoms with Crippen LogP contribution in [0.25, 0.3) is 0 Å². The first-order valence-electron chi connectivity index (χ1n) is 8.00. The summed E-state index contributed by atoms with van der Waals surface area (Å²) in [5.74, 6) is 0.0725. The van der Waals surface area contributed by atoms with E-state index in [2.05, 4.69) is 61.8 Å². The number of hydrogen-bond donors (Lipinski definition) is 1. The van der Waals surface area contributed by atoms with Crippen LogP contribution in [0.15, 0.2) is 24.3 Å². The lowest BCUT2D eigenvalue weighted by Gasteiger charge is -2.13. The summed E-state index contributed by atoms with van der Waals surface area (Å²) in [6.45, 7) is 9.09. The fraction of sp³-hybridized carbons (Fsp3) is 0.421. The average Bonchev–Trinajstić information content (AvgIpc) is 3.27. The molecule has 1 aliphatic carbocycles. The molecule has 1 aromatic heterocycles. The van der Waals surface area contributed by atoms with Crippen molar-refractivity contribution in [3.63, 3.8) is 0 Å². The van der Waals surface area contributed by atoms with Crippen LogP contribution in [0.3, 0.4) is 0 Å². The maximum Gasteiger partial charge on any atom is 0.268 e. The number of aryl methyl sites for hydroxylation is 1. The van der Waals surface area contributed by atoms with Gasteiger partial charge in [-0.3, -0.25) is 4.79 Å². The van der Waals surface area contributed by atoms with E-state index in [1.54, 1.807) is 0 Å². The Morgan fingerprint density at radius 1 is 1.09 bits per heavy atom. The second-order valence-corrected chi connectivity index (χ2v) is 6.50. The quantitative estimate of drug-likeness (QED) is 0.918. The Bertz CT molecular complexity index is 706. The number of aromatic nitrogens is 1. The second-order valence-electron chi connectivity index (χ2n) is 6.50. The highest BCUT2D eigenvalue weighted by atomic mass is 16.2. The summed E-state index contributed by atoms with van der Waals surface area (Å²) >= 11 is 0. The van der Waals surface area contributed by atoms with Crippen molar-refractivity contribution in [1.82, 2.24) is 9.88 Å². The van der Waals surface area contributed by atoms with Crippen LogP contribution in [0.4, 0.5) is 0 Å². The van der Waals surface area contributed by atoms with Crippen LogP contribution in [-0.2, 0) is 6.54 Å².